The monoisotopic (exact) mass is 255 g/mol. The summed E-state index contributed by atoms with van der Waals surface area (Å²) in [7, 11) is 1.41. The summed E-state index contributed by atoms with van der Waals surface area (Å²) in [5.74, 6) is 0.129. The van der Waals surface area contributed by atoms with Crippen molar-refractivity contribution in [1.29, 1.82) is 0 Å². The fraction of sp³-hybridized carbons (Fsp3) is 0.571. The van der Waals surface area contributed by atoms with Crippen molar-refractivity contribution in [2.75, 3.05) is 20.2 Å². The maximum absolute atomic E-state index is 14.0. The quantitative estimate of drug-likeness (QED) is 0.819. The molecule has 1 atom stereocenters. The normalized spacial score (nSPS) is 14.6. The van der Waals surface area contributed by atoms with E-state index >= 15 is 0 Å². The Bertz CT molecular complexity index is 391. The first kappa shape index (κ1) is 14.9. The van der Waals surface area contributed by atoms with Gasteiger partial charge in [0.25, 0.3) is 0 Å². The van der Waals surface area contributed by atoms with E-state index in [1.807, 2.05) is 0 Å². The number of ether oxygens (including phenoxy) is 1. The highest BCUT2D eigenvalue weighted by molar-refractivity contribution is 5.34. The average molecular weight is 255 g/mol. The van der Waals surface area contributed by atoms with Gasteiger partial charge >= 0.3 is 0 Å². The molecule has 0 saturated carbocycles. The molecule has 0 heterocycles. The highest BCUT2D eigenvalue weighted by Crippen LogP contribution is 2.28. The van der Waals surface area contributed by atoms with Crippen LogP contribution >= 0.6 is 0 Å². The van der Waals surface area contributed by atoms with Crippen molar-refractivity contribution >= 4 is 0 Å². The van der Waals surface area contributed by atoms with Gasteiger partial charge in [0.2, 0.25) is 0 Å². The van der Waals surface area contributed by atoms with Crippen LogP contribution in [0.25, 0.3) is 0 Å². The van der Waals surface area contributed by atoms with Crippen molar-refractivity contribution in [3.05, 3.63) is 29.6 Å². The first-order valence-electron chi connectivity index (χ1n) is 6.14. The fourth-order valence-corrected chi connectivity index (χ4v) is 1.78. The highest BCUT2D eigenvalue weighted by atomic mass is 19.1. The Morgan fingerprint density at radius 3 is 2.67 bits per heavy atom. The third kappa shape index (κ3) is 3.68. The van der Waals surface area contributed by atoms with Gasteiger partial charge in [-0.05, 0) is 25.5 Å². The molecule has 0 aromatic heterocycles. The van der Waals surface area contributed by atoms with Crippen molar-refractivity contribution in [1.82, 2.24) is 5.32 Å². The summed E-state index contributed by atoms with van der Waals surface area (Å²) in [5.41, 5.74) is -1.01. The zero-order chi connectivity index (χ0) is 13.8. The van der Waals surface area contributed by atoms with Gasteiger partial charge < -0.3 is 15.2 Å². The van der Waals surface area contributed by atoms with E-state index in [0.29, 0.717) is 12.5 Å². The molecule has 4 heteroatoms. The van der Waals surface area contributed by atoms with E-state index in [-0.39, 0.29) is 11.3 Å². The SMILES string of the molecule is COc1cccc(C(C)(O)CNCC(C)C)c1F. The van der Waals surface area contributed by atoms with Crippen LogP contribution in [0.2, 0.25) is 0 Å². The Morgan fingerprint density at radius 1 is 1.44 bits per heavy atom. The number of hydrogen-bond donors (Lipinski definition) is 2. The Balaban J connectivity index is 2.84. The van der Waals surface area contributed by atoms with Gasteiger partial charge in [-0.25, -0.2) is 4.39 Å². The molecular weight excluding hydrogens is 233 g/mol. The molecule has 0 bridgehead atoms. The van der Waals surface area contributed by atoms with E-state index in [1.54, 1.807) is 19.1 Å². The predicted octanol–water partition coefficient (Wildman–Crippen LogP) is 2.29. The summed E-state index contributed by atoms with van der Waals surface area (Å²) in [6.07, 6.45) is 0. The third-order valence-corrected chi connectivity index (χ3v) is 2.79. The fourth-order valence-electron chi connectivity index (χ4n) is 1.78. The van der Waals surface area contributed by atoms with E-state index in [2.05, 4.69) is 19.2 Å². The van der Waals surface area contributed by atoms with Crippen molar-refractivity contribution in [2.45, 2.75) is 26.4 Å². The molecule has 1 rings (SSSR count). The van der Waals surface area contributed by atoms with Gasteiger partial charge in [-0.15, -0.1) is 0 Å². The van der Waals surface area contributed by atoms with Gasteiger partial charge in [0.05, 0.1) is 7.11 Å². The van der Waals surface area contributed by atoms with E-state index in [4.69, 9.17) is 4.74 Å². The lowest BCUT2D eigenvalue weighted by atomic mass is 9.95. The minimum absolute atomic E-state index is 0.150. The van der Waals surface area contributed by atoms with Crippen LogP contribution in [0.5, 0.6) is 5.75 Å². The molecule has 18 heavy (non-hydrogen) atoms. The number of rotatable bonds is 6. The summed E-state index contributed by atoms with van der Waals surface area (Å²) < 4.78 is 19.0. The topological polar surface area (TPSA) is 41.5 Å². The van der Waals surface area contributed by atoms with Gasteiger partial charge in [0, 0.05) is 12.1 Å². The first-order chi connectivity index (χ1) is 8.38. The minimum Gasteiger partial charge on any atom is -0.494 e. The predicted molar refractivity (Wildman–Crippen MR) is 70.2 cm³/mol. The van der Waals surface area contributed by atoms with Gasteiger partial charge in [-0.1, -0.05) is 26.0 Å². The summed E-state index contributed by atoms with van der Waals surface area (Å²) in [5, 5.41) is 13.5. The van der Waals surface area contributed by atoms with Gasteiger partial charge in [0.1, 0.15) is 5.60 Å². The number of benzene rings is 1. The van der Waals surface area contributed by atoms with Crippen molar-refractivity contribution in [2.24, 2.45) is 5.92 Å². The largest absolute Gasteiger partial charge is 0.494 e. The van der Waals surface area contributed by atoms with Crippen molar-refractivity contribution < 1.29 is 14.2 Å². The van der Waals surface area contributed by atoms with Crippen LogP contribution in [-0.2, 0) is 5.60 Å². The number of hydrogen-bond acceptors (Lipinski definition) is 3. The molecule has 0 aliphatic heterocycles. The van der Waals surface area contributed by atoms with Crippen molar-refractivity contribution in [3.8, 4) is 5.75 Å². The third-order valence-electron chi connectivity index (χ3n) is 2.79. The van der Waals surface area contributed by atoms with Crippen LogP contribution in [-0.4, -0.2) is 25.3 Å². The molecule has 102 valence electrons. The molecule has 1 unspecified atom stereocenters. The Labute approximate surface area is 108 Å². The lowest BCUT2D eigenvalue weighted by molar-refractivity contribution is 0.0522. The zero-order valence-corrected chi connectivity index (χ0v) is 11.5. The van der Waals surface area contributed by atoms with Gasteiger partial charge in [-0.2, -0.15) is 0 Å². The summed E-state index contributed by atoms with van der Waals surface area (Å²) in [6.45, 7) is 6.83. The molecule has 0 aliphatic rings. The van der Waals surface area contributed by atoms with Crippen LogP contribution in [0.4, 0.5) is 4.39 Å². The molecule has 0 fully saturated rings. The van der Waals surface area contributed by atoms with Gasteiger partial charge in [-0.3, -0.25) is 0 Å². The van der Waals surface area contributed by atoms with E-state index in [1.165, 1.54) is 13.2 Å². The van der Waals surface area contributed by atoms with Gasteiger partial charge in [0.15, 0.2) is 11.6 Å². The maximum atomic E-state index is 14.0. The summed E-state index contributed by atoms with van der Waals surface area (Å²) >= 11 is 0. The minimum atomic E-state index is -1.26. The second kappa shape index (κ2) is 6.16. The van der Waals surface area contributed by atoms with Crippen LogP contribution < -0.4 is 10.1 Å². The van der Waals surface area contributed by atoms with E-state index < -0.39 is 11.4 Å². The standard InChI is InChI=1S/C14H22FNO2/c1-10(2)8-16-9-14(3,17)11-6-5-7-12(18-4)13(11)15/h5-7,10,16-17H,8-9H2,1-4H3. The summed E-state index contributed by atoms with van der Waals surface area (Å²) in [6, 6.07) is 4.79. The number of halogens is 1. The maximum Gasteiger partial charge on any atom is 0.171 e. The second-order valence-corrected chi connectivity index (χ2v) is 5.12. The van der Waals surface area contributed by atoms with E-state index in [9.17, 15) is 9.50 Å². The Kier molecular flexibility index (Phi) is 5.11. The number of aliphatic hydroxyl groups is 1. The molecular formula is C14H22FNO2. The molecule has 1 aromatic rings. The molecule has 0 radical (unpaired) electrons. The van der Waals surface area contributed by atoms with Crippen molar-refractivity contribution in [3.63, 3.8) is 0 Å². The molecule has 0 saturated heterocycles. The molecule has 0 aliphatic carbocycles. The van der Waals surface area contributed by atoms with Crippen LogP contribution in [0.15, 0.2) is 18.2 Å². The molecule has 0 amide bonds. The molecule has 3 nitrogen and oxygen atoms in total. The highest BCUT2D eigenvalue weighted by Gasteiger charge is 2.27. The van der Waals surface area contributed by atoms with Crippen LogP contribution in [0.1, 0.15) is 26.3 Å². The van der Waals surface area contributed by atoms with E-state index in [0.717, 1.165) is 6.54 Å². The average Bonchev–Trinajstić information content (AvgIpc) is 2.28. The lowest BCUT2D eigenvalue weighted by Gasteiger charge is -2.26. The zero-order valence-electron chi connectivity index (χ0n) is 11.5. The Morgan fingerprint density at radius 2 is 2.11 bits per heavy atom. The second-order valence-electron chi connectivity index (χ2n) is 5.12. The summed E-state index contributed by atoms with van der Waals surface area (Å²) in [4.78, 5) is 0. The first-order valence-corrected chi connectivity index (χ1v) is 6.14. The number of methoxy groups -OCH3 is 1. The molecule has 1 aromatic carbocycles. The Hall–Kier alpha value is -1.13. The van der Waals surface area contributed by atoms with Crippen LogP contribution in [0, 0.1) is 11.7 Å². The lowest BCUT2D eigenvalue weighted by Crippen LogP contribution is -2.37. The van der Waals surface area contributed by atoms with Crippen LogP contribution in [0.3, 0.4) is 0 Å². The smallest absolute Gasteiger partial charge is 0.171 e. The molecule has 0 spiro atoms. The number of nitrogens with one attached hydrogen (secondary N) is 1. The molecule has 2 N–H and O–H groups in total.